The number of hydrogen-bond donors (Lipinski definition) is 1. The fourth-order valence-electron chi connectivity index (χ4n) is 3.96. The van der Waals surface area contributed by atoms with Crippen LogP contribution in [-0.4, -0.2) is 11.0 Å². The van der Waals surface area contributed by atoms with Gasteiger partial charge in [0.15, 0.2) is 0 Å². The van der Waals surface area contributed by atoms with Crippen LogP contribution in [0.15, 0.2) is 78.4 Å². The van der Waals surface area contributed by atoms with Crippen molar-refractivity contribution in [1.29, 1.82) is 0 Å². The van der Waals surface area contributed by atoms with Gasteiger partial charge in [0.25, 0.3) is 0 Å². The van der Waals surface area contributed by atoms with Gasteiger partial charge in [0, 0.05) is 11.7 Å². The summed E-state index contributed by atoms with van der Waals surface area (Å²) in [6.45, 7) is 8.64. The molecule has 1 atom stereocenters. The molecule has 1 unspecified atom stereocenters. The van der Waals surface area contributed by atoms with Gasteiger partial charge in [-0.2, -0.15) is 0 Å². The first-order chi connectivity index (χ1) is 13.5. The molecule has 3 aromatic rings. The second kappa shape index (κ2) is 7.47. The average Bonchev–Trinajstić information content (AvgIpc) is 2.72. The van der Waals surface area contributed by atoms with Crippen LogP contribution in [0.2, 0.25) is 0 Å². The van der Waals surface area contributed by atoms with Crippen LogP contribution in [0.1, 0.15) is 36.4 Å². The Bertz CT molecular complexity index is 1060. The number of aromatic nitrogens is 1. The van der Waals surface area contributed by atoms with Gasteiger partial charge in [-0.25, -0.2) is 0 Å². The van der Waals surface area contributed by atoms with Gasteiger partial charge in [-0.3, -0.25) is 4.98 Å². The molecule has 2 nitrogen and oxygen atoms in total. The van der Waals surface area contributed by atoms with Crippen molar-refractivity contribution in [2.45, 2.75) is 33.7 Å². The molecule has 0 aliphatic carbocycles. The molecule has 0 radical (unpaired) electrons. The largest absolute Gasteiger partial charge is 0.377 e. The van der Waals surface area contributed by atoms with Crippen molar-refractivity contribution in [3.8, 4) is 11.1 Å². The predicted molar refractivity (Wildman–Crippen MR) is 119 cm³/mol. The SMILES string of the molecule is CC1=C(c2nc(C)cc(-c3ccccc3)c2C)NC(C)C=C1c1ccccc1. The highest BCUT2D eigenvalue weighted by atomic mass is 15.0. The Hall–Kier alpha value is -3.13. The van der Waals surface area contributed by atoms with E-state index in [9.17, 15) is 0 Å². The van der Waals surface area contributed by atoms with Crippen LogP contribution in [-0.2, 0) is 0 Å². The molecule has 2 heteroatoms. The van der Waals surface area contributed by atoms with E-state index in [0.717, 1.165) is 17.1 Å². The third kappa shape index (κ3) is 3.38. The zero-order valence-electron chi connectivity index (χ0n) is 17.0. The van der Waals surface area contributed by atoms with E-state index >= 15 is 0 Å². The average molecular weight is 367 g/mol. The fourth-order valence-corrected chi connectivity index (χ4v) is 3.96. The van der Waals surface area contributed by atoms with Gasteiger partial charge in [-0.05, 0) is 67.2 Å². The molecule has 0 spiro atoms. The molecule has 1 aromatic heterocycles. The maximum absolute atomic E-state index is 4.95. The summed E-state index contributed by atoms with van der Waals surface area (Å²) in [7, 11) is 0. The standard InChI is InChI=1S/C26H26N2/c1-17-15-23(21-11-7-5-8-12-21)19(3)25(27-17)26-20(4)24(16-18(2)28-26)22-13-9-6-10-14-22/h5-17,27H,1-4H3. The molecule has 1 aliphatic heterocycles. The number of pyridine rings is 1. The lowest BCUT2D eigenvalue weighted by Gasteiger charge is -2.27. The first-order valence-corrected chi connectivity index (χ1v) is 9.83. The van der Waals surface area contributed by atoms with Gasteiger partial charge in [0.1, 0.15) is 0 Å². The Morgan fingerprint density at radius 3 is 2.07 bits per heavy atom. The van der Waals surface area contributed by atoms with Crippen LogP contribution >= 0.6 is 0 Å². The molecule has 2 aromatic carbocycles. The summed E-state index contributed by atoms with van der Waals surface area (Å²) in [5.74, 6) is 0. The minimum atomic E-state index is 0.246. The summed E-state index contributed by atoms with van der Waals surface area (Å²) < 4.78 is 0. The zero-order valence-corrected chi connectivity index (χ0v) is 17.0. The van der Waals surface area contributed by atoms with Crippen molar-refractivity contribution in [1.82, 2.24) is 10.3 Å². The number of aryl methyl sites for hydroxylation is 1. The third-order valence-corrected chi connectivity index (χ3v) is 5.37. The van der Waals surface area contributed by atoms with Crippen molar-refractivity contribution in [2.24, 2.45) is 0 Å². The Labute approximate surface area is 167 Å². The number of rotatable bonds is 3. The van der Waals surface area contributed by atoms with Crippen molar-refractivity contribution >= 4 is 11.3 Å². The maximum atomic E-state index is 4.95. The number of hydrogen-bond acceptors (Lipinski definition) is 2. The van der Waals surface area contributed by atoms with E-state index in [1.165, 1.54) is 33.4 Å². The fraction of sp³-hybridized carbons (Fsp3) is 0.192. The van der Waals surface area contributed by atoms with Gasteiger partial charge in [-0.1, -0.05) is 66.7 Å². The summed E-state index contributed by atoms with van der Waals surface area (Å²) in [6.07, 6.45) is 2.30. The smallest absolute Gasteiger partial charge is 0.0902 e. The summed E-state index contributed by atoms with van der Waals surface area (Å²) in [4.78, 5) is 4.95. The topological polar surface area (TPSA) is 24.9 Å². The highest BCUT2D eigenvalue weighted by Crippen LogP contribution is 2.35. The molecule has 4 rings (SSSR count). The van der Waals surface area contributed by atoms with Crippen LogP contribution in [0.25, 0.3) is 22.4 Å². The number of dihydropyridines is 1. The maximum Gasteiger partial charge on any atom is 0.0902 e. The minimum Gasteiger partial charge on any atom is -0.377 e. The first-order valence-electron chi connectivity index (χ1n) is 9.83. The van der Waals surface area contributed by atoms with E-state index in [-0.39, 0.29) is 6.04 Å². The monoisotopic (exact) mass is 366 g/mol. The highest BCUT2D eigenvalue weighted by Gasteiger charge is 2.22. The lowest BCUT2D eigenvalue weighted by Crippen LogP contribution is -2.28. The van der Waals surface area contributed by atoms with E-state index in [4.69, 9.17) is 4.98 Å². The molecule has 1 aliphatic rings. The molecule has 0 amide bonds. The summed E-state index contributed by atoms with van der Waals surface area (Å²) in [6, 6.07) is 23.6. The molecule has 0 fully saturated rings. The van der Waals surface area contributed by atoms with Crippen LogP contribution in [0.5, 0.6) is 0 Å². The van der Waals surface area contributed by atoms with Gasteiger partial charge < -0.3 is 5.32 Å². The van der Waals surface area contributed by atoms with E-state index in [0.29, 0.717) is 0 Å². The lowest BCUT2D eigenvalue weighted by atomic mass is 9.89. The molecular formula is C26H26N2. The second-order valence-corrected chi connectivity index (χ2v) is 7.53. The molecule has 1 N–H and O–H groups in total. The number of benzene rings is 2. The summed E-state index contributed by atoms with van der Waals surface area (Å²) in [5.41, 5.74) is 10.7. The van der Waals surface area contributed by atoms with Crippen molar-refractivity contribution in [3.05, 3.63) is 101 Å². The molecule has 2 heterocycles. The predicted octanol–water partition coefficient (Wildman–Crippen LogP) is 6.17. The van der Waals surface area contributed by atoms with E-state index in [1.807, 2.05) is 0 Å². The Kier molecular flexibility index (Phi) is 4.87. The Morgan fingerprint density at radius 1 is 0.821 bits per heavy atom. The van der Waals surface area contributed by atoms with Crippen LogP contribution in [0.3, 0.4) is 0 Å². The molecule has 28 heavy (non-hydrogen) atoms. The number of nitrogens with one attached hydrogen (secondary N) is 1. The summed E-state index contributed by atoms with van der Waals surface area (Å²) >= 11 is 0. The number of allylic oxidation sites excluding steroid dienone is 2. The van der Waals surface area contributed by atoms with E-state index in [1.54, 1.807) is 0 Å². The van der Waals surface area contributed by atoms with Crippen molar-refractivity contribution in [3.63, 3.8) is 0 Å². The molecule has 140 valence electrons. The van der Waals surface area contributed by atoms with Crippen molar-refractivity contribution in [2.75, 3.05) is 0 Å². The van der Waals surface area contributed by atoms with Gasteiger partial charge in [-0.15, -0.1) is 0 Å². The van der Waals surface area contributed by atoms with Crippen LogP contribution < -0.4 is 5.32 Å². The van der Waals surface area contributed by atoms with Gasteiger partial charge in [0.05, 0.1) is 11.4 Å². The van der Waals surface area contributed by atoms with Crippen LogP contribution in [0.4, 0.5) is 0 Å². The lowest BCUT2D eigenvalue weighted by molar-refractivity contribution is 0.770. The quantitative estimate of drug-likeness (QED) is 0.599. The zero-order chi connectivity index (χ0) is 19.7. The minimum absolute atomic E-state index is 0.246. The summed E-state index contributed by atoms with van der Waals surface area (Å²) in [5, 5.41) is 3.67. The molecule has 0 saturated carbocycles. The van der Waals surface area contributed by atoms with Gasteiger partial charge >= 0.3 is 0 Å². The number of nitrogens with zero attached hydrogens (tertiary/aromatic N) is 1. The van der Waals surface area contributed by atoms with E-state index < -0.39 is 0 Å². The Balaban J connectivity index is 1.89. The second-order valence-electron chi connectivity index (χ2n) is 7.53. The third-order valence-electron chi connectivity index (χ3n) is 5.37. The highest BCUT2D eigenvalue weighted by molar-refractivity contribution is 5.91. The molecule has 0 saturated heterocycles. The normalized spacial score (nSPS) is 16.6. The van der Waals surface area contributed by atoms with E-state index in [2.05, 4.69) is 106 Å². The molecular weight excluding hydrogens is 340 g/mol. The Morgan fingerprint density at radius 2 is 1.43 bits per heavy atom. The van der Waals surface area contributed by atoms with Crippen LogP contribution in [0, 0.1) is 13.8 Å². The molecule has 0 bridgehead atoms. The first kappa shape index (κ1) is 18.2. The van der Waals surface area contributed by atoms with Gasteiger partial charge in [0.2, 0.25) is 0 Å². The van der Waals surface area contributed by atoms with Crippen molar-refractivity contribution < 1.29 is 0 Å².